The number of ether oxygens (including phenoxy) is 1. The summed E-state index contributed by atoms with van der Waals surface area (Å²) >= 11 is 0. The van der Waals surface area contributed by atoms with Crippen molar-refractivity contribution in [2.75, 3.05) is 6.61 Å². The largest absolute Gasteiger partial charge is 0.488 e. The molecule has 0 radical (unpaired) electrons. The summed E-state index contributed by atoms with van der Waals surface area (Å²) < 4.78 is 6.75. The van der Waals surface area contributed by atoms with Crippen molar-refractivity contribution in [3.05, 3.63) is 68.6 Å². The molecule has 1 aromatic heterocycles. The van der Waals surface area contributed by atoms with Gasteiger partial charge in [0.15, 0.2) is 5.75 Å². The van der Waals surface area contributed by atoms with E-state index >= 15 is 0 Å². The second-order valence-corrected chi connectivity index (χ2v) is 4.16. The number of hydrogen-bond donors (Lipinski definition) is 0. The van der Waals surface area contributed by atoms with Crippen molar-refractivity contribution in [2.45, 2.75) is 13.5 Å². The average molecular weight is 274 g/mol. The topological polar surface area (TPSA) is 74.4 Å². The lowest BCUT2D eigenvalue weighted by Gasteiger charge is -2.08. The highest BCUT2D eigenvalue weighted by Gasteiger charge is 2.07. The molecule has 6 heteroatoms. The smallest absolute Gasteiger partial charge is 0.293 e. The third kappa shape index (κ3) is 3.03. The predicted molar refractivity (Wildman–Crippen MR) is 74.1 cm³/mol. The van der Waals surface area contributed by atoms with Gasteiger partial charge in [0.2, 0.25) is 0 Å². The Bertz CT molecular complexity index is 662. The van der Waals surface area contributed by atoms with E-state index in [0.29, 0.717) is 18.9 Å². The summed E-state index contributed by atoms with van der Waals surface area (Å²) in [4.78, 5) is 22.2. The van der Waals surface area contributed by atoms with Crippen LogP contribution in [-0.4, -0.2) is 16.1 Å². The molecule has 1 heterocycles. The van der Waals surface area contributed by atoms with Gasteiger partial charge < -0.3 is 9.30 Å². The molecule has 0 amide bonds. The van der Waals surface area contributed by atoms with Crippen LogP contribution in [0.1, 0.15) is 12.5 Å². The molecular weight excluding hydrogens is 260 g/mol. The van der Waals surface area contributed by atoms with E-state index in [1.807, 2.05) is 6.92 Å². The van der Waals surface area contributed by atoms with Gasteiger partial charge >= 0.3 is 0 Å². The number of aromatic nitrogens is 1. The number of non-ortho nitro benzene ring substituents is 1. The molecule has 0 aliphatic carbocycles. The quantitative estimate of drug-likeness (QED) is 0.618. The minimum atomic E-state index is -0.453. The highest BCUT2D eigenvalue weighted by Crippen LogP contribution is 2.12. The zero-order valence-electron chi connectivity index (χ0n) is 11.0. The van der Waals surface area contributed by atoms with Crippen LogP contribution >= 0.6 is 0 Å². The Morgan fingerprint density at radius 2 is 1.95 bits per heavy atom. The van der Waals surface area contributed by atoms with Gasteiger partial charge in [0, 0.05) is 18.3 Å². The molecule has 1 aromatic carbocycles. The second kappa shape index (κ2) is 6.01. The van der Waals surface area contributed by atoms with E-state index in [1.54, 1.807) is 30.5 Å². The van der Waals surface area contributed by atoms with Crippen molar-refractivity contribution in [2.24, 2.45) is 0 Å². The zero-order valence-corrected chi connectivity index (χ0v) is 11.0. The molecule has 0 unspecified atom stereocenters. The average Bonchev–Trinajstić information content (AvgIpc) is 2.44. The van der Waals surface area contributed by atoms with Gasteiger partial charge in [-0.05, 0) is 24.6 Å². The van der Waals surface area contributed by atoms with Crippen molar-refractivity contribution < 1.29 is 9.66 Å². The summed E-state index contributed by atoms with van der Waals surface area (Å²) in [7, 11) is 0. The number of nitro benzene ring substituents is 1. The van der Waals surface area contributed by atoms with E-state index < -0.39 is 4.92 Å². The fraction of sp³-hybridized carbons (Fsp3) is 0.214. The number of nitro groups is 1. The highest BCUT2D eigenvalue weighted by atomic mass is 16.6. The lowest BCUT2D eigenvalue weighted by atomic mass is 10.2. The highest BCUT2D eigenvalue weighted by molar-refractivity contribution is 5.33. The van der Waals surface area contributed by atoms with Crippen LogP contribution in [0.3, 0.4) is 0 Å². The lowest BCUT2D eigenvalue weighted by Crippen LogP contribution is -2.21. The Morgan fingerprint density at radius 1 is 1.25 bits per heavy atom. The SMILES string of the molecule is CCOc1cccn(Cc2ccc([N+](=O)[O-])cc2)c1=O. The minimum Gasteiger partial charge on any atom is -0.488 e. The zero-order chi connectivity index (χ0) is 14.5. The Labute approximate surface area is 115 Å². The molecule has 0 aliphatic rings. The van der Waals surface area contributed by atoms with Crippen LogP contribution in [0.2, 0.25) is 0 Å². The molecule has 0 aliphatic heterocycles. The van der Waals surface area contributed by atoms with Crippen molar-refractivity contribution in [1.82, 2.24) is 4.57 Å². The Kier molecular flexibility index (Phi) is 4.14. The van der Waals surface area contributed by atoms with E-state index in [-0.39, 0.29) is 11.2 Å². The number of rotatable bonds is 5. The normalized spacial score (nSPS) is 10.2. The minimum absolute atomic E-state index is 0.0316. The van der Waals surface area contributed by atoms with Gasteiger partial charge in [-0.2, -0.15) is 0 Å². The van der Waals surface area contributed by atoms with Gasteiger partial charge in [0.1, 0.15) is 0 Å². The second-order valence-electron chi connectivity index (χ2n) is 4.16. The molecule has 0 saturated heterocycles. The lowest BCUT2D eigenvalue weighted by molar-refractivity contribution is -0.384. The Morgan fingerprint density at radius 3 is 2.55 bits per heavy atom. The van der Waals surface area contributed by atoms with Gasteiger partial charge in [0.25, 0.3) is 11.2 Å². The summed E-state index contributed by atoms with van der Waals surface area (Å²) in [5.41, 5.74) is 0.628. The standard InChI is InChI=1S/C14H14N2O4/c1-2-20-13-4-3-9-15(14(13)17)10-11-5-7-12(8-6-11)16(18)19/h3-9H,2,10H2,1H3. The number of pyridine rings is 1. The molecule has 0 spiro atoms. The van der Waals surface area contributed by atoms with Crippen molar-refractivity contribution in [3.63, 3.8) is 0 Å². The Balaban J connectivity index is 2.24. The molecule has 104 valence electrons. The van der Waals surface area contributed by atoms with Crippen LogP contribution in [0.5, 0.6) is 5.75 Å². The molecule has 2 aromatic rings. The van der Waals surface area contributed by atoms with Crippen molar-refractivity contribution >= 4 is 5.69 Å². The molecular formula is C14H14N2O4. The fourth-order valence-corrected chi connectivity index (χ4v) is 1.82. The van der Waals surface area contributed by atoms with E-state index in [0.717, 1.165) is 5.56 Å². The third-order valence-electron chi connectivity index (χ3n) is 2.79. The van der Waals surface area contributed by atoms with Crippen LogP contribution in [0, 0.1) is 10.1 Å². The third-order valence-corrected chi connectivity index (χ3v) is 2.79. The van der Waals surface area contributed by atoms with Gasteiger partial charge in [-0.15, -0.1) is 0 Å². The molecule has 2 rings (SSSR count). The first-order valence-electron chi connectivity index (χ1n) is 6.17. The van der Waals surface area contributed by atoms with Gasteiger partial charge in [-0.3, -0.25) is 14.9 Å². The van der Waals surface area contributed by atoms with Gasteiger partial charge in [-0.1, -0.05) is 12.1 Å². The summed E-state index contributed by atoms with van der Waals surface area (Å²) in [5.74, 6) is 0.303. The van der Waals surface area contributed by atoms with Crippen LogP contribution < -0.4 is 10.3 Å². The first kappa shape index (κ1) is 13.8. The van der Waals surface area contributed by atoms with Crippen molar-refractivity contribution in [1.29, 1.82) is 0 Å². The van der Waals surface area contributed by atoms with Crippen LogP contribution in [0.4, 0.5) is 5.69 Å². The van der Waals surface area contributed by atoms with E-state index in [1.165, 1.54) is 16.7 Å². The number of hydrogen-bond acceptors (Lipinski definition) is 4. The monoisotopic (exact) mass is 274 g/mol. The summed E-state index contributed by atoms with van der Waals surface area (Å²) in [6.07, 6.45) is 1.66. The molecule has 0 atom stereocenters. The van der Waals surface area contributed by atoms with Crippen LogP contribution in [0.25, 0.3) is 0 Å². The molecule has 0 bridgehead atoms. The maximum atomic E-state index is 12.1. The van der Waals surface area contributed by atoms with Gasteiger partial charge in [0.05, 0.1) is 18.1 Å². The first-order chi connectivity index (χ1) is 9.61. The van der Waals surface area contributed by atoms with Crippen LogP contribution in [0.15, 0.2) is 47.4 Å². The molecule has 0 N–H and O–H groups in total. The Hall–Kier alpha value is -2.63. The fourth-order valence-electron chi connectivity index (χ4n) is 1.82. The van der Waals surface area contributed by atoms with Crippen LogP contribution in [-0.2, 0) is 6.54 Å². The number of nitrogens with zero attached hydrogens (tertiary/aromatic N) is 2. The molecule has 20 heavy (non-hydrogen) atoms. The van der Waals surface area contributed by atoms with E-state index in [2.05, 4.69) is 0 Å². The summed E-state index contributed by atoms with van der Waals surface area (Å²) in [6.45, 7) is 2.58. The number of benzene rings is 1. The first-order valence-corrected chi connectivity index (χ1v) is 6.17. The van der Waals surface area contributed by atoms with Crippen molar-refractivity contribution in [3.8, 4) is 5.75 Å². The summed E-state index contributed by atoms with van der Waals surface area (Å²) in [5, 5.41) is 10.6. The predicted octanol–water partition coefficient (Wildman–Crippen LogP) is 2.20. The maximum Gasteiger partial charge on any atom is 0.293 e. The molecule has 0 fully saturated rings. The van der Waals surface area contributed by atoms with E-state index in [4.69, 9.17) is 4.74 Å². The van der Waals surface area contributed by atoms with E-state index in [9.17, 15) is 14.9 Å². The maximum absolute atomic E-state index is 12.1. The summed E-state index contributed by atoms with van der Waals surface area (Å²) in [6, 6.07) is 9.48. The molecule has 0 saturated carbocycles. The van der Waals surface area contributed by atoms with Gasteiger partial charge in [-0.25, -0.2) is 0 Å². The molecule has 6 nitrogen and oxygen atoms in total.